The number of nitrogens with one attached hydrogen (secondary N) is 1. The van der Waals surface area contributed by atoms with Crippen molar-refractivity contribution in [1.29, 1.82) is 0 Å². The summed E-state index contributed by atoms with van der Waals surface area (Å²) in [6, 6.07) is 8.98. The first kappa shape index (κ1) is 21.7. The zero-order valence-corrected chi connectivity index (χ0v) is 18.5. The highest BCUT2D eigenvalue weighted by Crippen LogP contribution is 2.31. The Morgan fingerprint density at radius 1 is 1.22 bits per heavy atom. The number of ether oxygens (including phenoxy) is 2. The fourth-order valence-corrected chi connectivity index (χ4v) is 4.43. The molecule has 1 aliphatic rings. The zero-order chi connectivity index (χ0) is 22.8. The molecule has 0 spiro atoms. The van der Waals surface area contributed by atoms with E-state index in [1.807, 2.05) is 25.2 Å². The average Bonchev–Trinajstić information content (AvgIpc) is 3.36. The number of aryl methyl sites for hydroxylation is 1. The molecule has 1 fully saturated rings. The van der Waals surface area contributed by atoms with Crippen molar-refractivity contribution in [1.82, 2.24) is 9.78 Å². The summed E-state index contributed by atoms with van der Waals surface area (Å²) < 4.78 is 12.8. The highest BCUT2D eigenvalue weighted by molar-refractivity contribution is 5.92. The number of aromatic carboxylic acids is 1. The Morgan fingerprint density at radius 3 is 2.66 bits per heavy atom. The Bertz CT molecular complexity index is 1180. The van der Waals surface area contributed by atoms with Crippen molar-refractivity contribution >= 4 is 28.7 Å². The highest BCUT2D eigenvalue weighted by Gasteiger charge is 2.20. The van der Waals surface area contributed by atoms with Gasteiger partial charge in [-0.15, -0.1) is 0 Å². The predicted octanol–water partition coefficient (Wildman–Crippen LogP) is 4.67. The van der Waals surface area contributed by atoms with Gasteiger partial charge < -0.3 is 14.6 Å². The quantitative estimate of drug-likeness (QED) is 0.581. The minimum atomic E-state index is -0.990. The number of hydrogen-bond donors (Lipinski definition) is 2. The van der Waals surface area contributed by atoms with Crippen molar-refractivity contribution in [3.05, 3.63) is 52.7 Å². The minimum absolute atomic E-state index is 0.00263. The number of benzene rings is 2. The van der Waals surface area contributed by atoms with Crippen LogP contribution >= 0.6 is 0 Å². The van der Waals surface area contributed by atoms with Crippen molar-refractivity contribution in [2.75, 3.05) is 12.4 Å². The van der Waals surface area contributed by atoms with E-state index in [-0.39, 0.29) is 11.7 Å². The van der Waals surface area contributed by atoms with Crippen LogP contribution in [0.5, 0.6) is 5.75 Å². The molecular weight excluding hydrogens is 410 g/mol. The molecule has 1 heterocycles. The van der Waals surface area contributed by atoms with E-state index in [4.69, 9.17) is 9.47 Å². The molecule has 0 radical (unpaired) electrons. The van der Waals surface area contributed by atoms with Crippen LogP contribution in [-0.2, 0) is 18.2 Å². The number of hydrogen-bond acceptors (Lipinski definition) is 5. The number of carboxylic acid groups (broad SMARTS) is 1. The largest absolute Gasteiger partial charge is 0.496 e. The number of carboxylic acids is 1. The van der Waals surface area contributed by atoms with Crippen LogP contribution in [0.1, 0.15) is 52.9 Å². The van der Waals surface area contributed by atoms with Crippen LogP contribution in [0.15, 0.2) is 30.3 Å². The normalized spacial score (nSPS) is 14.0. The van der Waals surface area contributed by atoms with E-state index in [0.717, 1.165) is 47.8 Å². The minimum Gasteiger partial charge on any atom is -0.496 e. The molecule has 32 heavy (non-hydrogen) atoms. The summed E-state index contributed by atoms with van der Waals surface area (Å²) in [5, 5.41) is 17.8. The Morgan fingerprint density at radius 2 is 1.97 bits per heavy atom. The van der Waals surface area contributed by atoms with Gasteiger partial charge in [0.1, 0.15) is 11.9 Å². The smallest absolute Gasteiger partial charge is 0.411 e. The van der Waals surface area contributed by atoms with Crippen LogP contribution in [0.2, 0.25) is 0 Å². The van der Waals surface area contributed by atoms with Crippen molar-refractivity contribution in [3.8, 4) is 5.75 Å². The number of amides is 1. The SMILES string of the molecule is COc1c(Cc2nn(C)c3ccc(NC(=O)OC4CCCC4)cc23)ccc(C(=O)O)c1C. The topological polar surface area (TPSA) is 103 Å². The van der Waals surface area contributed by atoms with Crippen LogP contribution < -0.4 is 10.1 Å². The molecule has 8 heteroatoms. The van der Waals surface area contributed by atoms with Crippen LogP contribution in [0.25, 0.3) is 10.9 Å². The Hall–Kier alpha value is -3.55. The van der Waals surface area contributed by atoms with E-state index in [1.54, 1.807) is 23.7 Å². The fourth-order valence-electron chi connectivity index (χ4n) is 4.43. The van der Waals surface area contributed by atoms with E-state index in [9.17, 15) is 14.7 Å². The van der Waals surface area contributed by atoms with Crippen LogP contribution in [-0.4, -0.2) is 40.2 Å². The van der Waals surface area contributed by atoms with Crippen molar-refractivity contribution in [3.63, 3.8) is 0 Å². The Balaban J connectivity index is 1.62. The van der Waals surface area contributed by atoms with Gasteiger partial charge in [0.05, 0.1) is 23.9 Å². The molecule has 2 aromatic carbocycles. The molecular formula is C24H27N3O5. The molecule has 1 saturated carbocycles. The molecule has 4 rings (SSSR count). The molecule has 0 aliphatic heterocycles. The third-order valence-corrected chi connectivity index (χ3v) is 6.03. The third-order valence-electron chi connectivity index (χ3n) is 6.03. The molecule has 0 atom stereocenters. The molecule has 2 N–H and O–H groups in total. The number of aromatic nitrogens is 2. The molecule has 0 saturated heterocycles. The number of anilines is 1. The lowest BCUT2D eigenvalue weighted by atomic mass is 9.99. The van der Waals surface area contributed by atoms with Gasteiger partial charge in [-0.05, 0) is 56.9 Å². The summed E-state index contributed by atoms with van der Waals surface area (Å²) in [4.78, 5) is 23.7. The first-order valence-electron chi connectivity index (χ1n) is 10.7. The van der Waals surface area contributed by atoms with Crippen molar-refractivity contribution in [2.45, 2.75) is 45.1 Å². The van der Waals surface area contributed by atoms with Gasteiger partial charge in [0.2, 0.25) is 0 Å². The average molecular weight is 437 g/mol. The van der Waals surface area contributed by atoms with Gasteiger partial charge in [0.25, 0.3) is 0 Å². The van der Waals surface area contributed by atoms with Crippen LogP contribution in [0.4, 0.5) is 10.5 Å². The van der Waals surface area contributed by atoms with E-state index in [2.05, 4.69) is 10.4 Å². The first-order chi connectivity index (χ1) is 15.4. The molecule has 168 valence electrons. The van der Waals surface area contributed by atoms with Gasteiger partial charge in [-0.1, -0.05) is 6.07 Å². The first-order valence-corrected chi connectivity index (χ1v) is 10.7. The van der Waals surface area contributed by atoms with Crippen molar-refractivity contribution in [2.24, 2.45) is 7.05 Å². The highest BCUT2D eigenvalue weighted by atomic mass is 16.6. The molecule has 1 aromatic heterocycles. The molecule has 3 aromatic rings. The zero-order valence-electron chi connectivity index (χ0n) is 18.5. The van der Waals surface area contributed by atoms with Gasteiger partial charge in [0.15, 0.2) is 0 Å². The van der Waals surface area contributed by atoms with Gasteiger partial charge in [0, 0.05) is 35.7 Å². The van der Waals surface area contributed by atoms with Gasteiger partial charge >= 0.3 is 12.1 Å². The third kappa shape index (κ3) is 4.26. The second kappa shape index (κ2) is 8.90. The fraction of sp³-hybridized carbons (Fsp3) is 0.375. The van der Waals surface area contributed by atoms with Crippen molar-refractivity contribution < 1.29 is 24.2 Å². The maximum Gasteiger partial charge on any atom is 0.411 e. The molecule has 0 bridgehead atoms. The lowest BCUT2D eigenvalue weighted by Gasteiger charge is -2.13. The maximum atomic E-state index is 12.3. The number of fused-ring (bicyclic) bond motifs is 1. The monoisotopic (exact) mass is 437 g/mol. The summed E-state index contributed by atoms with van der Waals surface area (Å²) in [5.41, 5.74) is 4.00. The second-order valence-corrected chi connectivity index (χ2v) is 8.15. The Labute approximate surface area is 186 Å². The van der Waals surface area contributed by atoms with Gasteiger partial charge in [-0.25, -0.2) is 9.59 Å². The number of methoxy groups -OCH3 is 1. The summed E-state index contributed by atoms with van der Waals surface area (Å²) in [7, 11) is 3.40. The number of carbonyl (C=O) groups excluding carboxylic acids is 1. The van der Waals surface area contributed by atoms with Gasteiger partial charge in [-0.2, -0.15) is 5.10 Å². The molecule has 8 nitrogen and oxygen atoms in total. The lowest BCUT2D eigenvalue weighted by Crippen LogP contribution is -2.20. The number of nitrogens with zero attached hydrogens (tertiary/aromatic N) is 2. The molecule has 1 aliphatic carbocycles. The molecule has 0 unspecified atom stereocenters. The lowest BCUT2D eigenvalue weighted by molar-refractivity contribution is 0.0695. The standard InChI is InChI=1S/C24H27N3O5/c1-14-18(23(28)29)10-8-15(22(14)31-3)12-20-19-13-16(9-11-21(19)27(2)26-20)25-24(30)32-17-6-4-5-7-17/h8-11,13,17H,4-7,12H2,1-3H3,(H,25,30)(H,28,29). The summed E-state index contributed by atoms with van der Waals surface area (Å²) >= 11 is 0. The van der Waals surface area contributed by atoms with E-state index < -0.39 is 12.1 Å². The van der Waals surface area contributed by atoms with E-state index in [1.165, 1.54) is 7.11 Å². The Kier molecular flexibility index (Phi) is 6.03. The molecule has 1 amide bonds. The second-order valence-electron chi connectivity index (χ2n) is 8.15. The van der Waals surface area contributed by atoms with Gasteiger partial charge in [-0.3, -0.25) is 10.00 Å². The van der Waals surface area contributed by atoms with E-state index >= 15 is 0 Å². The van der Waals surface area contributed by atoms with Crippen LogP contribution in [0.3, 0.4) is 0 Å². The van der Waals surface area contributed by atoms with E-state index in [0.29, 0.717) is 23.4 Å². The summed E-state index contributed by atoms with van der Waals surface area (Å²) in [6.45, 7) is 1.74. The summed E-state index contributed by atoms with van der Waals surface area (Å²) in [5.74, 6) is -0.450. The number of carbonyl (C=O) groups is 2. The predicted molar refractivity (Wildman–Crippen MR) is 121 cm³/mol. The van der Waals surface area contributed by atoms with Crippen LogP contribution in [0, 0.1) is 6.92 Å². The number of rotatable bonds is 6. The summed E-state index contributed by atoms with van der Waals surface area (Å²) in [6.07, 6.45) is 4.04. The maximum absolute atomic E-state index is 12.3.